The van der Waals surface area contributed by atoms with Crippen LogP contribution in [-0.4, -0.2) is 11.1 Å². The smallest absolute Gasteiger partial charge is 0.309 e. The van der Waals surface area contributed by atoms with Gasteiger partial charge in [-0.3, -0.25) is 4.79 Å². The van der Waals surface area contributed by atoms with E-state index in [2.05, 4.69) is 26.0 Å². The second-order valence-electron chi connectivity index (χ2n) is 7.94. The van der Waals surface area contributed by atoms with Crippen molar-refractivity contribution in [3.63, 3.8) is 0 Å². The van der Waals surface area contributed by atoms with Crippen LogP contribution in [0.3, 0.4) is 0 Å². The zero-order valence-corrected chi connectivity index (χ0v) is 18.2. The van der Waals surface area contributed by atoms with Gasteiger partial charge in [0.05, 0.1) is 5.41 Å². The highest BCUT2D eigenvalue weighted by atomic mass is 16.4. The molecule has 0 rings (SSSR count). The van der Waals surface area contributed by atoms with Crippen molar-refractivity contribution in [2.75, 3.05) is 0 Å². The van der Waals surface area contributed by atoms with Gasteiger partial charge in [-0.05, 0) is 50.9 Å². The Morgan fingerprint density at radius 2 is 1.31 bits per heavy atom. The Labute approximate surface area is 163 Å². The van der Waals surface area contributed by atoms with E-state index in [1.165, 1.54) is 70.6 Å². The van der Waals surface area contributed by atoms with Crippen molar-refractivity contribution in [2.24, 2.45) is 11.3 Å². The molecular weight excluding hydrogens is 320 g/mol. The fraction of sp³-hybridized carbons (Fsp3) is 0.875. The summed E-state index contributed by atoms with van der Waals surface area (Å²) < 4.78 is 0. The molecule has 0 bridgehead atoms. The first-order chi connectivity index (χ1) is 12.6. The minimum Gasteiger partial charge on any atom is -0.481 e. The predicted octanol–water partition coefficient (Wildman–Crippen LogP) is 8.16. The van der Waals surface area contributed by atoms with Gasteiger partial charge in [-0.2, -0.15) is 0 Å². The van der Waals surface area contributed by atoms with E-state index in [-0.39, 0.29) is 0 Å². The Bertz CT molecular complexity index is 355. The van der Waals surface area contributed by atoms with E-state index in [9.17, 15) is 9.90 Å². The van der Waals surface area contributed by atoms with Gasteiger partial charge in [0.15, 0.2) is 0 Å². The van der Waals surface area contributed by atoms with Crippen LogP contribution in [0, 0.1) is 11.3 Å². The van der Waals surface area contributed by atoms with Crippen molar-refractivity contribution in [1.29, 1.82) is 0 Å². The predicted molar refractivity (Wildman–Crippen MR) is 115 cm³/mol. The number of allylic oxidation sites excluding steroid dienone is 2. The molecule has 0 aliphatic heterocycles. The lowest BCUT2D eigenvalue weighted by Gasteiger charge is -2.35. The van der Waals surface area contributed by atoms with E-state index in [1.54, 1.807) is 0 Å². The first-order valence-electron chi connectivity index (χ1n) is 11.5. The average Bonchev–Trinajstić information content (AvgIpc) is 2.64. The zero-order chi connectivity index (χ0) is 19.7. The Hall–Kier alpha value is -0.790. The molecular formula is C24H46O2. The first kappa shape index (κ1) is 25.2. The molecule has 0 spiro atoms. The van der Waals surface area contributed by atoms with E-state index in [1.807, 2.05) is 13.8 Å². The van der Waals surface area contributed by atoms with Crippen molar-refractivity contribution in [3.05, 3.63) is 12.2 Å². The van der Waals surface area contributed by atoms with Gasteiger partial charge in [0.25, 0.3) is 0 Å². The number of hydrogen-bond acceptors (Lipinski definition) is 1. The lowest BCUT2D eigenvalue weighted by molar-refractivity contribution is -0.153. The number of rotatable bonds is 18. The van der Waals surface area contributed by atoms with E-state index in [0.29, 0.717) is 5.92 Å². The third-order valence-electron chi connectivity index (χ3n) is 6.28. The Morgan fingerprint density at radius 3 is 1.77 bits per heavy atom. The van der Waals surface area contributed by atoms with Crippen LogP contribution in [0.1, 0.15) is 124 Å². The first-order valence-corrected chi connectivity index (χ1v) is 11.5. The van der Waals surface area contributed by atoms with Crippen LogP contribution in [0.4, 0.5) is 0 Å². The van der Waals surface area contributed by atoms with Gasteiger partial charge in [-0.1, -0.05) is 91.2 Å². The van der Waals surface area contributed by atoms with Gasteiger partial charge < -0.3 is 5.11 Å². The maximum absolute atomic E-state index is 11.8. The van der Waals surface area contributed by atoms with Crippen LogP contribution < -0.4 is 0 Å². The van der Waals surface area contributed by atoms with Crippen LogP contribution in [0.5, 0.6) is 0 Å². The standard InChI is InChI=1S/C24H46O2/c1-5-9-10-11-12-13-14-15-16-17-18-19-20-21-22(6-2)24(7-3,8-4)23(25)26/h15-16,22H,5-14,17-21H2,1-4H3,(H,25,26). The van der Waals surface area contributed by atoms with E-state index in [4.69, 9.17) is 0 Å². The fourth-order valence-corrected chi connectivity index (χ4v) is 4.28. The highest BCUT2D eigenvalue weighted by Crippen LogP contribution is 2.40. The molecule has 0 aliphatic carbocycles. The number of carboxylic acids is 1. The number of hydrogen-bond donors (Lipinski definition) is 1. The molecule has 0 aromatic carbocycles. The Kier molecular flexibility index (Phi) is 15.9. The zero-order valence-electron chi connectivity index (χ0n) is 18.2. The molecule has 1 atom stereocenters. The normalized spacial score (nSPS) is 13.4. The quantitative estimate of drug-likeness (QED) is 0.196. The van der Waals surface area contributed by atoms with Crippen LogP contribution in [0.25, 0.3) is 0 Å². The summed E-state index contributed by atoms with van der Waals surface area (Å²) in [6.07, 6.45) is 22.5. The highest BCUT2D eigenvalue weighted by Gasteiger charge is 2.41. The number of carboxylic acid groups (broad SMARTS) is 1. The van der Waals surface area contributed by atoms with Gasteiger partial charge >= 0.3 is 5.97 Å². The molecule has 26 heavy (non-hydrogen) atoms. The number of carbonyl (C=O) groups is 1. The molecule has 0 saturated heterocycles. The largest absolute Gasteiger partial charge is 0.481 e. The summed E-state index contributed by atoms with van der Waals surface area (Å²) in [6.45, 7) is 8.49. The van der Waals surface area contributed by atoms with E-state index >= 15 is 0 Å². The molecule has 0 aromatic heterocycles. The maximum atomic E-state index is 11.8. The Balaban J connectivity index is 3.84. The molecule has 154 valence electrons. The molecule has 0 aliphatic rings. The summed E-state index contributed by atoms with van der Waals surface area (Å²) in [5.41, 5.74) is -0.508. The number of aliphatic carboxylic acids is 1. The van der Waals surface area contributed by atoms with Gasteiger partial charge in [0, 0.05) is 0 Å². The van der Waals surface area contributed by atoms with Crippen LogP contribution >= 0.6 is 0 Å². The summed E-state index contributed by atoms with van der Waals surface area (Å²) in [6, 6.07) is 0. The minimum absolute atomic E-state index is 0.318. The minimum atomic E-state index is -0.591. The molecule has 0 amide bonds. The molecule has 0 heterocycles. The summed E-state index contributed by atoms with van der Waals surface area (Å²) in [7, 11) is 0. The molecule has 0 radical (unpaired) electrons. The van der Waals surface area contributed by atoms with Gasteiger partial charge in [-0.15, -0.1) is 0 Å². The third-order valence-corrected chi connectivity index (χ3v) is 6.28. The highest BCUT2D eigenvalue weighted by molar-refractivity contribution is 5.74. The topological polar surface area (TPSA) is 37.3 Å². The molecule has 0 aromatic rings. The van der Waals surface area contributed by atoms with Crippen LogP contribution in [-0.2, 0) is 4.79 Å². The van der Waals surface area contributed by atoms with Crippen molar-refractivity contribution >= 4 is 5.97 Å². The monoisotopic (exact) mass is 366 g/mol. The van der Waals surface area contributed by atoms with Gasteiger partial charge in [0.2, 0.25) is 0 Å². The lowest BCUT2D eigenvalue weighted by atomic mass is 9.68. The summed E-state index contributed by atoms with van der Waals surface area (Å²) in [5, 5.41) is 9.72. The molecule has 1 unspecified atom stereocenters. The lowest BCUT2D eigenvalue weighted by Crippen LogP contribution is -2.37. The Morgan fingerprint density at radius 1 is 0.808 bits per heavy atom. The molecule has 0 saturated carbocycles. The molecule has 2 nitrogen and oxygen atoms in total. The molecule has 2 heteroatoms. The van der Waals surface area contributed by atoms with Crippen molar-refractivity contribution in [3.8, 4) is 0 Å². The van der Waals surface area contributed by atoms with E-state index in [0.717, 1.165) is 25.7 Å². The molecule has 0 fully saturated rings. The SMILES string of the molecule is CCCCCCCCC=CCCCCCC(CC)C(CC)(CC)C(=O)O. The fourth-order valence-electron chi connectivity index (χ4n) is 4.28. The summed E-state index contributed by atoms with van der Waals surface area (Å²) in [4.78, 5) is 11.8. The van der Waals surface area contributed by atoms with Crippen LogP contribution in [0.15, 0.2) is 12.2 Å². The molecule has 1 N–H and O–H groups in total. The second kappa shape index (κ2) is 16.4. The van der Waals surface area contributed by atoms with Gasteiger partial charge in [0.1, 0.15) is 0 Å². The van der Waals surface area contributed by atoms with Crippen molar-refractivity contribution in [1.82, 2.24) is 0 Å². The summed E-state index contributed by atoms with van der Waals surface area (Å²) >= 11 is 0. The summed E-state index contributed by atoms with van der Waals surface area (Å²) in [5.74, 6) is -0.273. The maximum Gasteiger partial charge on any atom is 0.309 e. The van der Waals surface area contributed by atoms with Crippen molar-refractivity contribution < 1.29 is 9.90 Å². The second-order valence-corrected chi connectivity index (χ2v) is 7.94. The third kappa shape index (κ3) is 9.78. The average molecular weight is 367 g/mol. The van der Waals surface area contributed by atoms with E-state index < -0.39 is 11.4 Å². The number of unbranched alkanes of at least 4 members (excludes halogenated alkanes) is 9. The van der Waals surface area contributed by atoms with Crippen LogP contribution in [0.2, 0.25) is 0 Å². The van der Waals surface area contributed by atoms with Gasteiger partial charge in [-0.25, -0.2) is 0 Å². The van der Waals surface area contributed by atoms with Crippen molar-refractivity contribution in [2.45, 2.75) is 124 Å².